The predicted molar refractivity (Wildman–Crippen MR) is 110 cm³/mol. The number of amides is 1. The summed E-state index contributed by atoms with van der Waals surface area (Å²) in [6, 6.07) is 7.39. The lowest BCUT2D eigenvalue weighted by molar-refractivity contribution is -0.111. The highest BCUT2D eigenvalue weighted by Crippen LogP contribution is 2.32. The van der Waals surface area contributed by atoms with Crippen LogP contribution in [0.15, 0.2) is 48.6 Å². The monoisotopic (exact) mass is 393 g/mol. The number of imidazole rings is 1. The predicted octanol–water partition coefficient (Wildman–Crippen LogP) is 2.57. The Kier molecular flexibility index (Phi) is 5.44. The Labute approximate surface area is 168 Å². The summed E-state index contributed by atoms with van der Waals surface area (Å²) in [6.45, 7) is 4.04. The normalized spacial score (nSPS) is 13.4. The summed E-state index contributed by atoms with van der Waals surface area (Å²) in [5.41, 5.74) is 2.81. The van der Waals surface area contributed by atoms with Crippen LogP contribution in [0.25, 0.3) is 11.2 Å². The number of hydrogen-bond donors (Lipinski definition) is 3. The minimum absolute atomic E-state index is 0.0388. The summed E-state index contributed by atoms with van der Waals surface area (Å²) in [5.74, 6) is 0.130. The fourth-order valence-electron chi connectivity index (χ4n) is 3.42. The Morgan fingerprint density at radius 2 is 2.21 bits per heavy atom. The van der Waals surface area contributed by atoms with Crippen molar-refractivity contribution >= 4 is 22.8 Å². The topological polar surface area (TPSA) is 101 Å². The van der Waals surface area contributed by atoms with Gasteiger partial charge in [-0.15, -0.1) is 0 Å². The number of aliphatic hydroxyl groups excluding tert-OH is 1. The van der Waals surface area contributed by atoms with Crippen LogP contribution in [0.3, 0.4) is 0 Å². The molecule has 3 N–H and O–H groups in total. The number of nitrogens with one attached hydrogen (secondary N) is 2. The molecule has 0 bridgehead atoms. The molecule has 0 fully saturated rings. The molecule has 3 heterocycles. The van der Waals surface area contributed by atoms with Crippen molar-refractivity contribution in [2.45, 2.75) is 19.8 Å². The van der Waals surface area contributed by atoms with E-state index in [4.69, 9.17) is 4.74 Å². The molecule has 1 amide bonds. The van der Waals surface area contributed by atoms with E-state index in [1.54, 1.807) is 12.3 Å². The minimum Gasteiger partial charge on any atom is -0.511 e. The Morgan fingerprint density at radius 3 is 3.07 bits per heavy atom. The Morgan fingerprint density at radius 1 is 1.31 bits per heavy atom. The Hall–Kier alpha value is -3.39. The van der Waals surface area contributed by atoms with Gasteiger partial charge in [0.2, 0.25) is 0 Å². The maximum atomic E-state index is 13.1. The second-order valence-corrected chi connectivity index (χ2v) is 6.69. The van der Waals surface area contributed by atoms with Gasteiger partial charge in [-0.1, -0.05) is 13.0 Å². The van der Waals surface area contributed by atoms with Gasteiger partial charge in [0, 0.05) is 31.4 Å². The summed E-state index contributed by atoms with van der Waals surface area (Å²) >= 11 is 0. The van der Waals surface area contributed by atoms with Gasteiger partial charge in [0.1, 0.15) is 40.7 Å². The number of fused-ring (bicyclic) bond motifs is 3. The highest BCUT2D eigenvalue weighted by Gasteiger charge is 2.29. The average molecular weight is 393 g/mol. The third kappa shape index (κ3) is 3.79. The zero-order valence-corrected chi connectivity index (χ0v) is 16.2. The molecule has 29 heavy (non-hydrogen) atoms. The summed E-state index contributed by atoms with van der Waals surface area (Å²) in [6.07, 6.45) is 6.06. The standard InChI is InChI=1S/C21H23N5O3/c1-2-22-10-12-29-17-8-9-23-13-14(17)24-21(28)19-16(27)7-6-15-20(19)25-18-5-3-4-11-26(15)18/h3-5,8-9,11,13,22,27H,2,6-7,10,12H2,1H3,(H,24,28). The fraction of sp³-hybridized carbons (Fsp3) is 0.286. The number of nitrogens with zero attached hydrogens (tertiary/aromatic N) is 3. The maximum absolute atomic E-state index is 13.1. The minimum atomic E-state index is -0.434. The number of aliphatic hydroxyl groups is 1. The number of carbonyl (C=O) groups is 1. The number of pyridine rings is 2. The van der Waals surface area contributed by atoms with Crippen LogP contribution < -0.4 is 15.4 Å². The SMILES string of the molecule is CCNCCOc1ccncc1NC(=O)C1=C(O)CCc2c1nc1ccccn21. The number of aryl methyl sites for hydroxylation is 1. The molecule has 0 aromatic carbocycles. The third-order valence-corrected chi connectivity index (χ3v) is 4.80. The number of allylic oxidation sites excluding steroid dienone is 1. The van der Waals surface area contributed by atoms with Crippen LogP contribution in [0.5, 0.6) is 5.75 Å². The van der Waals surface area contributed by atoms with Crippen LogP contribution in [0, 0.1) is 0 Å². The van der Waals surface area contributed by atoms with Crippen LogP contribution >= 0.6 is 0 Å². The van der Waals surface area contributed by atoms with Gasteiger partial charge in [-0.25, -0.2) is 4.98 Å². The zero-order chi connectivity index (χ0) is 20.2. The van der Waals surface area contributed by atoms with E-state index in [2.05, 4.69) is 20.6 Å². The molecule has 0 atom stereocenters. The van der Waals surface area contributed by atoms with E-state index in [1.165, 1.54) is 6.20 Å². The van der Waals surface area contributed by atoms with Gasteiger partial charge in [-0.2, -0.15) is 0 Å². The van der Waals surface area contributed by atoms with Crippen molar-refractivity contribution in [3.8, 4) is 5.75 Å². The van der Waals surface area contributed by atoms with Crippen LogP contribution in [0.1, 0.15) is 24.7 Å². The maximum Gasteiger partial charge on any atom is 0.261 e. The molecule has 8 nitrogen and oxygen atoms in total. The number of hydrogen-bond acceptors (Lipinski definition) is 6. The van der Waals surface area contributed by atoms with Gasteiger partial charge in [0.05, 0.1) is 11.9 Å². The molecule has 1 aliphatic rings. The molecule has 4 rings (SSSR count). The van der Waals surface area contributed by atoms with E-state index in [-0.39, 0.29) is 11.3 Å². The molecule has 0 saturated carbocycles. The van der Waals surface area contributed by atoms with E-state index >= 15 is 0 Å². The number of ether oxygens (including phenoxy) is 1. The molecular weight excluding hydrogens is 370 g/mol. The molecule has 0 aliphatic heterocycles. The van der Waals surface area contributed by atoms with Crippen LogP contribution in [0.4, 0.5) is 5.69 Å². The van der Waals surface area contributed by atoms with Crippen molar-refractivity contribution in [2.75, 3.05) is 25.0 Å². The molecular formula is C21H23N5O3. The lowest BCUT2D eigenvalue weighted by Gasteiger charge is -2.17. The van der Waals surface area contributed by atoms with Crippen molar-refractivity contribution in [3.63, 3.8) is 0 Å². The molecule has 0 saturated heterocycles. The van der Waals surface area contributed by atoms with Crippen molar-refractivity contribution in [1.29, 1.82) is 0 Å². The fourth-order valence-corrected chi connectivity index (χ4v) is 3.42. The molecule has 0 unspecified atom stereocenters. The molecule has 0 spiro atoms. The number of anilines is 1. The van der Waals surface area contributed by atoms with Crippen molar-refractivity contribution < 1.29 is 14.6 Å². The number of carbonyl (C=O) groups excluding carboxylic acids is 1. The van der Waals surface area contributed by atoms with Gasteiger partial charge < -0.3 is 24.9 Å². The average Bonchev–Trinajstić information content (AvgIpc) is 3.10. The van der Waals surface area contributed by atoms with Crippen LogP contribution in [-0.4, -0.2) is 45.1 Å². The second-order valence-electron chi connectivity index (χ2n) is 6.69. The summed E-state index contributed by atoms with van der Waals surface area (Å²) in [4.78, 5) is 21.7. The summed E-state index contributed by atoms with van der Waals surface area (Å²) in [7, 11) is 0. The first-order valence-corrected chi connectivity index (χ1v) is 9.66. The van der Waals surface area contributed by atoms with Crippen molar-refractivity contribution in [1.82, 2.24) is 19.7 Å². The lowest BCUT2D eigenvalue weighted by atomic mass is 9.97. The summed E-state index contributed by atoms with van der Waals surface area (Å²) in [5, 5.41) is 16.5. The van der Waals surface area contributed by atoms with E-state index in [1.807, 2.05) is 35.7 Å². The lowest BCUT2D eigenvalue weighted by Crippen LogP contribution is -2.22. The smallest absolute Gasteiger partial charge is 0.261 e. The van der Waals surface area contributed by atoms with Crippen LogP contribution in [0.2, 0.25) is 0 Å². The second kappa shape index (κ2) is 8.32. The van der Waals surface area contributed by atoms with Gasteiger partial charge in [0.15, 0.2) is 0 Å². The van der Waals surface area contributed by atoms with E-state index < -0.39 is 5.91 Å². The first-order valence-electron chi connectivity index (χ1n) is 9.66. The largest absolute Gasteiger partial charge is 0.511 e. The van der Waals surface area contributed by atoms with Gasteiger partial charge >= 0.3 is 0 Å². The van der Waals surface area contributed by atoms with Gasteiger partial charge in [-0.3, -0.25) is 9.78 Å². The molecule has 1 aliphatic carbocycles. The number of rotatable bonds is 7. The highest BCUT2D eigenvalue weighted by molar-refractivity contribution is 6.26. The third-order valence-electron chi connectivity index (χ3n) is 4.80. The number of likely N-dealkylation sites (N-methyl/N-ethyl adjacent to an activating group) is 1. The first kappa shape index (κ1) is 18.9. The van der Waals surface area contributed by atoms with E-state index in [9.17, 15) is 9.90 Å². The van der Waals surface area contributed by atoms with E-state index in [0.717, 1.165) is 17.9 Å². The first-order chi connectivity index (χ1) is 14.2. The molecule has 3 aromatic rings. The van der Waals surface area contributed by atoms with Gasteiger partial charge in [-0.05, 0) is 25.1 Å². The molecule has 3 aromatic heterocycles. The summed E-state index contributed by atoms with van der Waals surface area (Å²) < 4.78 is 7.71. The zero-order valence-electron chi connectivity index (χ0n) is 16.2. The van der Waals surface area contributed by atoms with Crippen molar-refractivity contribution in [2.24, 2.45) is 0 Å². The molecule has 150 valence electrons. The molecule has 8 heteroatoms. The quantitative estimate of drug-likeness (QED) is 0.534. The highest BCUT2D eigenvalue weighted by atomic mass is 16.5. The van der Waals surface area contributed by atoms with Crippen molar-refractivity contribution in [3.05, 3.63) is 60.0 Å². The van der Waals surface area contributed by atoms with Crippen LogP contribution in [-0.2, 0) is 11.2 Å². The Bertz CT molecular complexity index is 1070. The van der Waals surface area contributed by atoms with E-state index in [0.29, 0.717) is 43.1 Å². The van der Waals surface area contributed by atoms with Gasteiger partial charge in [0.25, 0.3) is 5.91 Å². The molecule has 0 radical (unpaired) electrons. The Balaban J connectivity index is 1.60. The number of aromatic nitrogens is 3.